The third kappa shape index (κ3) is 11.3. The second kappa shape index (κ2) is 24.1. The van der Waals surface area contributed by atoms with Gasteiger partial charge in [-0.1, -0.05) is 34.7 Å². The third-order valence-electron chi connectivity index (χ3n) is 17.1. The van der Waals surface area contributed by atoms with E-state index in [2.05, 4.69) is 93.3 Å². The fraction of sp³-hybridized carbons (Fsp3) is 0.571. The summed E-state index contributed by atoms with van der Waals surface area (Å²) in [5.74, 6) is 4.00. The number of anilines is 2. The van der Waals surface area contributed by atoms with E-state index in [1.807, 2.05) is 35.4 Å². The summed E-state index contributed by atoms with van der Waals surface area (Å²) in [5, 5.41) is 0.950. The van der Waals surface area contributed by atoms with Gasteiger partial charge in [-0.3, -0.25) is 0 Å². The van der Waals surface area contributed by atoms with Crippen molar-refractivity contribution in [2.75, 3.05) is 121 Å². The first-order chi connectivity index (χ1) is 39.2. The normalized spacial score (nSPS) is 22.6. The number of sulfone groups is 2. The number of fused-ring (bicyclic) bond motifs is 8. The van der Waals surface area contributed by atoms with Crippen molar-refractivity contribution >= 4 is 95.1 Å². The number of aromatic nitrogens is 5. The van der Waals surface area contributed by atoms with Crippen molar-refractivity contribution < 1.29 is 64.0 Å². The highest BCUT2D eigenvalue weighted by Gasteiger charge is 2.54. The maximum absolute atomic E-state index is 13.4. The van der Waals surface area contributed by atoms with E-state index in [1.165, 1.54) is 23.6 Å². The van der Waals surface area contributed by atoms with Gasteiger partial charge in [-0.25, -0.2) is 31.8 Å². The van der Waals surface area contributed by atoms with Crippen molar-refractivity contribution in [3.8, 4) is 34.4 Å². The van der Waals surface area contributed by atoms with E-state index in [0.29, 0.717) is 151 Å². The molecular weight excluding hydrogens is 1230 g/mol. The zero-order chi connectivity index (χ0) is 58.4. The van der Waals surface area contributed by atoms with E-state index in [-0.39, 0.29) is 35.7 Å². The molecule has 2 aromatic carbocycles. The number of halogens is 2. The van der Waals surface area contributed by atoms with Gasteiger partial charge in [0, 0.05) is 80.8 Å². The first-order valence-electron chi connectivity index (χ1n) is 27.4. The number of nitrogens with one attached hydrogen (secondary N) is 1. The molecule has 21 nitrogen and oxygen atoms in total. The molecule has 8 aliphatic rings. The summed E-state index contributed by atoms with van der Waals surface area (Å²) in [6.45, 7) is 14.0. The summed E-state index contributed by atoms with van der Waals surface area (Å²) < 4.78 is 107. The number of hydrogen-bond donors (Lipinski definition) is 1. The molecule has 10 heterocycles. The topological polar surface area (TPSA) is 234 Å². The minimum atomic E-state index is -3.57. The van der Waals surface area contributed by atoms with Crippen LogP contribution in [0.5, 0.6) is 23.0 Å². The molecular formula is C56H72BClIN7O14S2. The van der Waals surface area contributed by atoms with E-state index in [1.54, 1.807) is 14.2 Å². The Balaban J connectivity index is 0.000000141. The zero-order valence-electron chi connectivity index (χ0n) is 47.8. The van der Waals surface area contributed by atoms with Gasteiger partial charge in [0.15, 0.2) is 48.6 Å². The average molecular weight is 1300 g/mol. The summed E-state index contributed by atoms with van der Waals surface area (Å²) in [7, 11) is -4.08. The largest absolute Gasteiger partial charge is 0.497 e. The Bertz CT molecular complexity index is 3420. The number of methoxy groups -OCH3 is 2. The predicted molar refractivity (Wildman–Crippen MR) is 322 cm³/mol. The molecule has 0 amide bonds. The van der Waals surface area contributed by atoms with E-state index in [0.717, 1.165) is 34.1 Å². The average Bonchev–Trinajstić information content (AvgIpc) is 4.31. The Morgan fingerprint density at radius 1 is 0.683 bits per heavy atom. The van der Waals surface area contributed by atoms with Gasteiger partial charge in [-0.05, 0) is 117 Å². The minimum Gasteiger partial charge on any atom is -0.497 e. The van der Waals surface area contributed by atoms with Crippen LogP contribution in [0.4, 0.5) is 11.6 Å². The molecule has 13 rings (SSSR count). The minimum absolute atomic E-state index is 0.00769. The van der Waals surface area contributed by atoms with Gasteiger partial charge in [-0.15, -0.1) is 0 Å². The van der Waals surface area contributed by atoms with Crippen LogP contribution in [0, 0.1) is 0 Å². The summed E-state index contributed by atoms with van der Waals surface area (Å²) in [6, 6.07) is 9.93. The molecule has 82 heavy (non-hydrogen) atoms. The quantitative estimate of drug-likeness (QED) is 0.0739. The van der Waals surface area contributed by atoms with Crippen LogP contribution in [0.15, 0.2) is 42.6 Å². The van der Waals surface area contributed by atoms with E-state index in [9.17, 15) is 16.8 Å². The molecule has 1 N–H and O–H groups in total. The van der Waals surface area contributed by atoms with E-state index >= 15 is 0 Å². The fourth-order valence-electron chi connectivity index (χ4n) is 11.8. The highest BCUT2D eigenvalue weighted by Crippen LogP contribution is 2.50. The molecule has 2 unspecified atom stereocenters. The lowest BCUT2D eigenvalue weighted by molar-refractivity contribution is 0.00578. The van der Waals surface area contributed by atoms with E-state index in [4.69, 9.17) is 68.8 Å². The SMILES string of the molecule is CI.COc1cc(-c2nc3c(c(C4(S(C)(=O)=O)CCOCC4)n2)OCC2COCCN32)c2cc[nH]c2c1.COc1cc2c(c(B3OC(C)(C)C(C)(C)O3)c1)C=CC2.CS(=O)(=O)C1(c2nc(Cl)nc3c2OCC2COCCN32)CCOCC1. The molecule has 0 saturated carbocycles. The molecule has 0 spiro atoms. The molecule has 1 aliphatic carbocycles. The van der Waals surface area contributed by atoms with Gasteiger partial charge in [0.25, 0.3) is 0 Å². The smallest absolute Gasteiger partial charge is 0.495 e. The molecule has 3 aromatic heterocycles. The summed E-state index contributed by atoms with van der Waals surface area (Å²) in [4.78, 5) is 28.0. The van der Waals surface area contributed by atoms with Crippen LogP contribution in [0.1, 0.15) is 75.9 Å². The van der Waals surface area contributed by atoms with Crippen LogP contribution in [-0.2, 0) is 63.8 Å². The van der Waals surface area contributed by atoms with Crippen molar-refractivity contribution in [3.05, 3.63) is 70.4 Å². The van der Waals surface area contributed by atoms with Crippen molar-refractivity contribution in [1.82, 2.24) is 24.9 Å². The number of nitrogens with zero attached hydrogens (tertiary/aromatic N) is 6. The Labute approximate surface area is 498 Å². The molecule has 0 bridgehead atoms. The van der Waals surface area contributed by atoms with Gasteiger partial charge in [-0.2, -0.15) is 4.98 Å². The number of allylic oxidation sites excluding steroid dienone is 1. The number of alkyl halides is 1. The lowest BCUT2D eigenvalue weighted by atomic mass is 9.75. The number of benzene rings is 2. The number of hydrogen-bond acceptors (Lipinski definition) is 20. The maximum Gasteiger partial charge on any atom is 0.495 e. The fourth-order valence-corrected chi connectivity index (χ4v) is 14.8. The second-order valence-corrected chi connectivity index (χ2v) is 27.4. The maximum atomic E-state index is 13.4. The highest BCUT2D eigenvalue weighted by molar-refractivity contribution is 14.1. The Morgan fingerprint density at radius 2 is 1.21 bits per heavy atom. The second-order valence-electron chi connectivity index (χ2n) is 22.4. The number of aromatic amines is 1. The molecule has 5 saturated heterocycles. The monoisotopic (exact) mass is 1300 g/mol. The van der Waals surface area contributed by atoms with Gasteiger partial charge >= 0.3 is 7.12 Å². The highest BCUT2D eigenvalue weighted by atomic mass is 127. The molecule has 444 valence electrons. The van der Waals surface area contributed by atoms with Crippen LogP contribution in [0.2, 0.25) is 5.28 Å². The van der Waals surface area contributed by atoms with Crippen molar-refractivity contribution in [3.63, 3.8) is 0 Å². The molecule has 7 aliphatic heterocycles. The first kappa shape index (κ1) is 60.5. The zero-order valence-corrected chi connectivity index (χ0v) is 52.4. The van der Waals surface area contributed by atoms with Crippen molar-refractivity contribution in [2.24, 2.45) is 0 Å². The Morgan fingerprint density at radius 3 is 1.74 bits per heavy atom. The standard InChI is InChI=1S/C24H28N4O6S.C16H21BO3.C15H20ClN3O5S.CH3I/c1-31-16-11-18(17-3-6-25-19(17)12-16)22-26-21(24(35(2,29)30)4-8-32-9-5-24)20-23(27-22)28-7-10-33-13-15(28)14-34-20;1-15(2)16(3,4)20-17(19-15)14-10-12(18-5)9-11-7-6-8-13(11)14;1-25(20,21)15(2-5-22-6-3-15)12-11-13(18-14(16)17-12)19-4-7-23-8-10(19)9-24-11;1-2/h3,6,11-12,15,25H,4-5,7-10,13-14H2,1-2H3;6,8-10H,7H2,1-5H3;10H,2-9H2,1H3;1H3. The Kier molecular flexibility index (Phi) is 17.8. The van der Waals surface area contributed by atoms with Crippen LogP contribution in [0.3, 0.4) is 0 Å². The predicted octanol–water partition coefficient (Wildman–Crippen LogP) is 6.67. The van der Waals surface area contributed by atoms with Gasteiger partial charge in [0.1, 0.15) is 45.6 Å². The molecule has 5 aromatic rings. The summed E-state index contributed by atoms with van der Waals surface area (Å²) in [6.07, 6.45) is 10.9. The van der Waals surface area contributed by atoms with Crippen molar-refractivity contribution in [1.29, 1.82) is 0 Å². The summed E-state index contributed by atoms with van der Waals surface area (Å²) >= 11 is 8.33. The van der Waals surface area contributed by atoms with Crippen LogP contribution in [-0.4, -0.2) is 183 Å². The van der Waals surface area contributed by atoms with Gasteiger partial charge in [0.05, 0.1) is 63.9 Å². The van der Waals surface area contributed by atoms with Crippen LogP contribution < -0.4 is 34.2 Å². The number of rotatable bonds is 8. The number of ether oxygens (including phenoxy) is 8. The van der Waals surface area contributed by atoms with Crippen LogP contribution >= 0.6 is 34.2 Å². The van der Waals surface area contributed by atoms with Crippen molar-refractivity contribution in [2.45, 2.75) is 92.6 Å². The number of morpholine rings is 2. The van der Waals surface area contributed by atoms with E-state index < -0.39 is 29.2 Å². The first-order valence-corrected chi connectivity index (χ1v) is 33.8. The van der Waals surface area contributed by atoms with Gasteiger partial charge in [0.2, 0.25) is 5.28 Å². The lowest BCUT2D eigenvalue weighted by Crippen LogP contribution is -2.52. The third-order valence-corrected chi connectivity index (χ3v) is 21.4. The van der Waals surface area contributed by atoms with Gasteiger partial charge < -0.3 is 62.0 Å². The molecule has 26 heteroatoms. The molecule has 2 atom stereocenters. The number of H-pyrrole nitrogens is 1. The molecule has 0 radical (unpaired) electrons. The van der Waals surface area contributed by atoms with Crippen LogP contribution in [0.25, 0.3) is 28.4 Å². The lowest BCUT2D eigenvalue weighted by Gasteiger charge is -2.43. The Hall–Kier alpha value is -4.58. The molecule has 5 fully saturated rings. The summed E-state index contributed by atoms with van der Waals surface area (Å²) in [5.41, 5.74) is 5.32.